The van der Waals surface area contributed by atoms with Crippen LogP contribution >= 0.6 is 0 Å². The van der Waals surface area contributed by atoms with Gasteiger partial charge in [0.05, 0.1) is 0 Å². The molecule has 1 unspecified atom stereocenters. The standard InChI is InChI=1S/C17H23N5O/c1-12-7-8-14(10-15(12)16-18-11-21(3)20-16)19-17(23)22-9-5-4-6-13(22)2/h7-8,10-11,13H,4-6,9H2,1-3H3,(H,19,23). The zero-order valence-corrected chi connectivity index (χ0v) is 13.9. The topological polar surface area (TPSA) is 63.1 Å². The van der Waals surface area contributed by atoms with E-state index in [0.29, 0.717) is 11.9 Å². The van der Waals surface area contributed by atoms with Crippen LogP contribution < -0.4 is 5.32 Å². The van der Waals surface area contributed by atoms with E-state index in [1.54, 1.807) is 11.0 Å². The minimum atomic E-state index is -0.0269. The van der Waals surface area contributed by atoms with E-state index in [2.05, 4.69) is 22.3 Å². The number of hydrogen-bond acceptors (Lipinski definition) is 3. The van der Waals surface area contributed by atoms with Gasteiger partial charge in [0.25, 0.3) is 0 Å². The van der Waals surface area contributed by atoms with E-state index in [4.69, 9.17) is 0 Å². The molecular weight excluding hydrogens is 290 g/mol. The first kappa shape index (κ1) is 15.5. The maximum Gasteiger partial charge on any atom is 0.322 e. The average Bonchev–Trinajstić information content (AvgIpc) is 2.96. The number of aryl methyl sites for hydroxylation is 2. The zero-order chi connectivity index (χ0) is 16.4. The molecule has 2 aromatic rings. The van der Waals surface area contributed by atoms with Gasteiger partial charge in [-0.1, -0.05) is 6.07 Å². The molecule has 0 spiro atoms. The molecule has 1 fully saturated rings. The first-order valence-electron chi connectivity index (χ1n) is 8.09. The summed E-state index contributed by atoms with van der Waals surface area (Å²) in [6, 6.07) is 6.12. The van der Waals surface area contributed by atoms with E-state index in [-0.39, 0.29) is 6.03 Å². The van der Waals surface area contributed by atoms with Crippen LogP contribution in [0.15, 0.2) is 24.5 Å². The molecule has 0 aliphatic carbocycles. The Morgan fingerprint density at radius 1 is 1.35 bits per heavy atom. The lowest BCUT2D eigenvalue weighted by molar-refractivity contribution is 0.170. The molecule has 1 N–H and O–H groups in total. The van der Waals surface area contributed by atoms with Gasteiger partial charge in [-0.05, 0) is 50.8 Å². The van der Waals surface area contributed by atoms with Gasteiger partial charge in [-0.25, -0.2) is 9.78 Å². The number of rotatable bonds is 2. The smallest absolute Gasteiger partial charge is 0.322 e. The lowest BCUT2D eigenvalue weighted by Crippen LogP contribution is -2.44. The summed E-state index contributed by atoms with van der Waals surface area (Å²) < 4.78 is 1.68. The predicted molar refractivity (Wildman–Crippen MR) is 90.2 cm³/mol. The minimum absolute atomic E-state index is 0.0269. The van der Waals surface area contributed by atoms with Crippen molar-refractivity contribution in [2.24, 2.45) is 7.05 Å². The molecule has 6 heteroatoms. The summed E-state index contributed by atoms with van der Waals surface area (Å²) >= 11 is 0. The van der Waals surface area contributed by atoms with E-state index in [1.165, 1.54) is 6.42 Å². The molecule has 23 heavy (non-hydrogen) atoms. The number of piperidine rings is 1. The quantitative estimate of drug-likeness (QED) is 0.926. The first-order valence-corrected chi connectivity index (χ1v) is 8.09. The average molecular weight is 313 g/mol. The van der Waals surface area contributed by atoms with E-state index in [0.717, 1.165) is 36.2 Å². The summed E-state index contributed by atoms with van der Waals surface area (Å²) in [5.74, 6) is 0.674. The van der Waals surface area contributed by atoms with Gasteiger partial charge < -0.3 is 10.2 Å². The Morgan fingerprint density at radius 2 is 2.17 bits per heavy atom. The highest BCUT2D eigenvalue weighted by molar-refractivity contribution is 5.90. The SMILES string of the molecule is Cc1ccc(NC(=O)N2CCCCC2C)cc1-c1ncn(C)n1. The fraction of sp³-hybridized carbons (Fsp3) is 0.471. The number of carbonyl (C=O) groups is 1. The maximum atomic E-state index is 12.5. The van der Waals surface area contributed by atoms with Crippen molar-refractivity contribution in [2.75, 3.05) is 11.9 Å². The number of amides is 2. The van der Waals surface area contributed by atoms with Crippen molar-refractivity contribution in [3.05, 3.63) is 30.1 Å². The van der Waals surface area contributed by atoms with E-state index < -0.39 is 0 Å². The largest absolute Gasteiger partial charge is 0.322 e. The van der Waals surface area contributed by atoms with Crippen LogP contribution in [0.3, 0.4) is 0 Å². The lowest BCUT2D eigenvalue weighted by atomic mass is 10.0. The molecular formula is C17H23N5O. The van der Waals surface area contributed by atoms with Crippen molar-refractivity contribution in [1.82, 2.24) is 19.7 Å². The van der Waals surface area contributed by atoms with Gasteiger partial charge >= 0.3 is 6.03 Å². The Bertz CT molecular complexity index is 709. The van der Waals surface area contributed by atoms with Crippen LogP contribution in [-0.4, -0.2) is 38.3 Å². The predicted octanol–water partition coefficient (Wildman–Crippen LogP) is 3.20. The highest BCUT2D eigenvalue weighted by Gasteiger charge is 2.23. The Balaban J connectivity index is 1.79. The molecule has 2 heterocycles. The van der Waals surface area contributed by atoms with Crippen molar-refractivity contribution < 1.29 is 4.79 Å². The van der Waals surface area contributed by atoms with Crippen molar-refractivity contribution in [3.8, 4) is 11.4 Å². The van der Waals surface area contributed by atoms with Gasteiger partial charge in [-0.15, -0.1) is 0 Å². The van der Waals surface area contributed by atoms with Crippen LogP contribution in [0.4, 0.5) is 10.5 Å². The molecule has 6 nitrogen and oxygen atoms in total. The lowest BCUT2D eigenvalue weighted by Gasteiger charge is -2.33. The van der Waals surface area contributed by atoms with Gasteiger partial charge in [0.1, 0.15) is 6.33 Å². The van der Waals surface area contributed by atoms with Gasteiger partial charge in [0.2, 0.25) is 0 Å². The number of benzene rings is 1. The molecule has 1 aromatic carbocycles. The summed E-state index contributed by atoms with van der Waals surface area (Å²) in [5.41, 5.74) is 2.80. The molecule has 0 bridgehead atoms. The normalized spacial score (nSPS) is 18.0. The van der Waals surface area contributed by atoms with Gasteiger partial charge in [0.15, 0.2) is 5.82 Å². The van der Waals surface area contributed by atoms with Crippen LogP contribution in [0.2, 0.25) is 0 Å². The molecule has 1 saturated heterocycles. The second-order valence-corrected chi connectivity index (χ2v) is 6.24. The first-order chi connectivity index (χ1) is 11.0. The Kier molecular flexibility index (Phi) is 4.32. The Labute approximate surface area is 136 Å². The Hall–Kier alpha value is -2.37. The molecule has 1 aliphatic rings. The van der Waals surface area contributed by atoms with Crippen molar-refractivity contribution >= 4 is 11.7 Å². The van der Waals surface area contributed by atoms with Crippen LogP contribution in [0.25, 0.3) is 11.4 Å². The molecule has 1 atom stereocenters. The third kappa shape index (κ3) is 3.36. The van der Waals surface area contributed by atoms with Gasteiger partial charge in [0, 0.05) is 30.9 Å². The van der Waals surface area contributed by atoms with Crippen molar-refractivity contribution in [1.29, 1.82) is 0 Å². The molecule has 0 radical (unpaired) electrons. The number of urea groups is 1. The van der Waals surface area contributed by atoms with Crippen molar-refractivity contribution in [2.45, 2.75) is 39.2 Å². The van der Waals surface area contributed by atoms with E-state index in [9.17, 15) is 4.79 Å². The summed E-state index contributed by atoms with van der Waals surface area (Å²) in [7, 11) is 1.84. The number of nitrogens with one attached hydrogen (secondary N) is 1. The molecule has 122 valence electrons. The van der Waals surface area contributed by atoms with Crippen LogP contribution in [0.1, 0.15) is 31.7 Å². The van der Waals surface area contributed by atoms with Crippen LogP contribution in [0, 0.1) is 6.92 Å². The van der Waals surface area contributed by atoms with Crippen LogP contribution in [0.5, 0.6) is 0 Å². The van der Waals surface area contributed by atoms with E-state index in [1.807, 2.05) is 37.1 Å². The molecule has 1 aliphatic heterocycles. The number of hydrogen-bond donors (Lipinski definition) is 1. The van der Waals surface area contributed by atoms with Crippen LogP contribution in [-0.2, 0) is 7.05 Å². The second kappa shape index (κ2) is 6.40. The number of aromatic nitrogens is 3. The minimum Gasteiger partial charge on any atom is -0.322 e. The number of likely N-dealkylation sites (tertiary alicyclic amines) is 1. The highest BCUT2D eigenvalue weighted by atomic mass is 16.2. The summed E-state index contributed by atoms with van der Waals surface area (Å²) in [6.45, 7) is 4.95. The fourth-order valence-electron chi connectivity index (χ4n) is 3.00. The third-order valence-electron chi connectivity index (χ3n) is 4.39. The maximum absolute atomic E-state index is 12.5. The molecule has 2 amide bonds. The molecule has 0 saturated carbocycles. The molecule has 1 aromatic heterocycles. The van der Waals surface area contributed by atoms with Gasteiger partial charge in [-0.2, -0.15) is 5.10 Å². The number of nitrogens with zero attached hydrogens (tertiary/aromatic N) is 4. The molecule has 3 rings (SSSR count). The van der Waals surface area contributed by atoms with E-state index >= 15 is 0 Å². The van der Waals surface area contributed by atoms with Gasteiger partial charge in [-0.3, -0.25) is 4.68 Å². The third-order valence-corrected chi connectivity index (χ3v) is 4.39. The summed E-state index contributed by atoms with van der Waals surface area (Å²) in [4.78, 5) is 18.7. The second-order valence-electron chi connectivity index (χ2n) is 6.24. The highest BCUT2D eigenvalue weighted by Crippen LogP contribution is 2.24. The number of anilines is 1. The fourth-order valence-corrected chi connectivity index (χ4v) is 3.00. The Morgan fingerprint density at radius 3 is 2.87 bits per heavy atom. The van der Waals surface area contributed by atoms with Crippen molar-refractivity contribution in [3.63, 3.8) is 0 Å². The summed E-state index contributed by atoms with van der Waals surface area (Å²) in [5, 5.41) is 7.36. The zero-order valence-electron chi connectivity index (χ0n) is 13.9. The summed E-state index contributed by atoms with van der Waals surface area (Å²) in [6.07, 6.45) is 5.03. The number of carbonyl (C=O) groups excluding carboxylic acids is 1. The monoisotopic (exact) mass is 313 g/mol.